The highest BCUT2D eigenvalue weighted by Gasteiger charge is 2.24. The van der Waals surface area contributed by atoms with Gasteiger partial charge in [-0.1, -0.05) is 5.21 Å². The van der Waals surface area contributed by atoms with Crippen LogP contribution in [0.2, 0.25) is 0 Å². The van der Waals surface area contributed by atoms with Crippen LogP contribution in [0, 0.1) is 11.3 Å². The summed E-state index contributed by atoms with van der Waals surface area (Å²) in [5.41, 5.74) is 0.655. The van der Waals surface area contributed by atoms with Gasteiger partial charge in [-0.3, -0.25) is 4.90 Å². The van der Waals surface area contributed by atoms with E-state index in [1.54, 1.807) is 10.9 Å². The number of nitrogens with zero attached hydrogens (tertiary/aromatic N) is 5. The Kier molecular flexibility index (Phi) is 4.03. The van der Waals surface area contributed by atoms with Crippen LogP contribution >= 0.6 is 0 Å². The van der Waals surface area contributed by atoms with E-state index in [1.165, 1.54) is 0 Å². The molecule has 2 heterocycles. The number of hydrogen-bond acceptors (Lipinski definition) is 6. The Balaban J connectivity index is 2.08. The van der Waals surface area contributed by atoms with E-state index in [2.05, 4.69) is 26.6 Å². The van der Waals surface area contributed by atoms with Crippen LogP contribution in [0.15, 0.2) is 6.20 Å². The molecule has 7 nitrogen and oxygen atoms in total. The van der Waals surface area contributed by atoms with Gasteiger partial charge in [-0.25, -0.2) is 4.68 Å². The van der Waals surface area contributed by atoms with Crippen molar-refractivity contribution in [1.82, 2.24) is 25.2 Å². The lowest BCUT2D eigenvalue weighted by Gasteiger charge is -2.29. The van der Waals surface area contributed by atoms with E-state index >= 15 is 0 Å². The summed E-state index contributed by atoms with van der Waals surface area (Å²) in [5.74, 6) is 0. The van der Waals surface area contributed by atoms with Crippen LogP contribution in [-0.2, 0) is 6.54 Å². The van der Waals surface area contributed by atoms with E-state index in [1.807, 2.05) is 0 Å². The third kappa shape index (κ3) is 2.79. The standard InChI is InChI=1S/C10H16N6O/c11-7-10(15-3-1-12-2-4-15)9-8-16(5-6-17)14-13-9/h8,10,12,17H,1-6H2. The fraction of sp³-hybridized carbons (Fsp3) is 0.700. The molecule has 0 bridgehead atoms. The number of hydrogen-bond donors (Lipinski definition) is 2. The summed E-state index contributed by atoms with van der Waals surface area (Å²) in [6.45, 7) is 3.89. The monoisotopic (exact) mass is 236 g/mol. The van der Waals surface area contributed by atoms with Crippen molar-refractivity contribution in [2.75, 3.05) is 32.8 Å². The van der Waals surface area contributed by atoms with E-state index in [9.17, 15) is 5.26 Å². The van der Waals surface area contributed by atoms with Gasteiger partial charge < -0.3 is 10.4 Å². The van der Waals surface area contributed by atoms with Crippen molar-refractivity contribution in [2.24, 2.45) is 0 Å². The lowest BCUT2D eigenvalue weighted by atomic mass is 10.2. The number of nitrogens with one attached hydrogen (secondary N) is 1. The minimum atomic E-state index is -0.343. The quantitative estimate of drug-likeness (QED) is 0.678. The van der Waals surface area contributed by atoms with Gasteiger partial charge in [-0.05, 0) is 0 Å². The van der Waals surface area contributed by atoms with E-state index in [4.69, 9.17) is 5.11 Å². The SMILES string of the molecule is N#CC(c1cn(CCO)nn1)N1CCNCC1. The zero-order chi connectivity index (χ0) is 12.1. The maximum absolute atomic E-state index is 9.23. The molecule has 1 saturated heterocycles. The van der Waals surface area contributed by atoms with Crippen molar-refractivity contribution < 1.29 is 5.11 Å². The molecule has 0 saturated carbocycles. The van der Waals surface area contributed by atoms with Gasteiger partial charge in [0.05, 0.1) is 25.4 Å². The summed E-state index contributed by atoms with van der Waals surface area (Å²) >= 11 is 0. The van der Waals surface area contributed by atoms with Gasteiger partial charge in [0.1, 0.15) is 11.7 Å². The summed E-state index contributed by atoms with van der Waals surface area (Å²) in [6.07, 6.45) is 1.73. The number of aliphatic hydroxyl groups is 1. The normalized spacial score (nSPS) is 18.8. The van der Waals surface area contributed by atoms with Gasteiger partial charge >= 0.3 is 0 Å². The van der Waals surface area contributed by atoms with Crippen molar-refractivity contribution in [3.05, 3.63) is 11.9 Å². The maximum Gasteiger partial charge on any atom is 0.144 e. The summed E-state index contributed by atoms with van der Waals surface area (Å²) in [7, 11) is 0. The van der Waals surface area contributed by atoms with Crippen molar-refractivity contribution >= 4 is 0 Å². The zero-order valence-electron chi connectivity index (χ0n) is 9.58. The number of aliphatic hydroxyl groups excluding tert-OH is 1. The first kappa shape index (κ1) is 12.0. The zero-order valence-corrected chi connectivity index (χ0v) is 9.58. The minimum Gasteiger partial charge on any atom is -0.394 e. The average molecular weight is 236 g/mol. The average Bonchev–Trinajstić information content (AvgIpc) is 2.81. The molecule has 1 atom stereocenters. The third-order valence-corrected chi connectivity index (χ3v) is 2.80. The fourth-order valence-corrected chi connectivity index (χ4v) is 1.93. The van der Waals surface area contributed by atoms with Gasteiger partial charge in [0.25, 0.3) is 0 Å². The lowest BCUT2D eigenvalue weighted by molar-refractivity contribution is 0.204. The summed E-state index contributed by atoms with van der Waals surface area (Å²) in [4.78, 5) is 2.09. The molecule has 0 aliphatic carbocycles. The van der Waals surface area contributed by atoms with Crippen LogP contribution in [0.5, 0.6) is 0 Å². The van der Waals surface area contributed by atoms with Gasteiger partial charge in [-0.2, -0.15) is 5.26 Å². The molecular weight excluding hydrogens is 220 g/mol. The van der Waals surface area contributed by atoms with Gasteiger partial charge in [0, 0.05) is 26.2 Å². The first-order valence-corrected chi connectivity index (χ1v) is 5.70. The van der Waals surface area contributed by atoms with Gasteiger partial charge in [0.2, 0.25) is 0 Å². The number of piperazine rings is 1. The Bertz CT molecular complexity index is 392. The van der Waals surface area contributed by atoms with Gasteiger partial charge in [-0.15, -0.1) is 5.10 Å². The number of rotatable bonds is 4. The number of aromatic nitrogens is 3. The lowest BCUT2D eigenvalue weighted by Crippen LogP contribution is -2.44. The van der Waals surface area contributed by atoms with Crippen molar-refractivity contribution in [2.45, 2.75) is 12.6 Å². The summed E-state index contributed by atoms with van der Waals surface area (Å²) in [6, 6.07) is 1.92. The first-order valence-electron chi connectivity index (χ1n) is 5.70. The molecule has 92 valence electrons. The second kappa shape index (κ2) is 5.72. The molecule has 0 aromatic carbocycles. The molecule has 0 spiro atoms. The molecule has 1 aliphatic rings. The van der Waals surface area contributed by atoms with Crippen LogP contribution in [0.4, 0.5) is 0 Å². The molecule has 7 heteroatoms. The highest BCUT2D eigenvalue weighted by Crippen LogP contribution is 2.17. The third-order valence-electron chi connectivity index (χ3n) is 2.80. The van der Waals surface area contributed by atoms with Crippen LogP contribution in [0.25, 0.3) is 0 Å². The fourth-order valence-electron chi connectivity index (χ4n) is 1.93. The Morgan fingerprint density at radius 1 is 1.53 bits per heavy atom. The Morgan fingerprint density at radius 2 is 2.29 bits per heavy atom. The van der Waals surface area contributed by atoms with Crippen LogP contribution in [0.3, 0.4) is 0 Å². The van der Waals surface area contributed by atoms with Crippen molar-refractivity contribution in [3.8, 4) is 6.07 Å². The van der Waals surface area contributed by atoms with Crippen molar-refractivity contribution in [3.63, 3.8) is 0 Å². The molecule has 1 fully saturated rings. The van der Waals surface area contributed by atoms with Crippen LogP contribution < -0.4 is 5.32 Å². The smallest absolute Gasteiger partial charge is 0.144 e. The maximum atomic E-state index is 9.23. The Labute approximate surface area is 99.6 Å². The molecule has 0 amide bonds. The Hall–Kier alpha value is -1.49. The highest BCUT2D eigenvalue weighted by molar-refractivity contribution is 5.11. The van der Waals surface area contributed by atoms with Crippen LogP contribution in [0.1, 0.15) is 11.7 Å². The molecule has 0 radical (unpaired) electrons. The summed E-state index contributed by atoms with van der Waals surface area (Å²) < 4.78 is 1.56. The highest BCUT2D eigenvalue weighted by atomic mass is 16.3. The second-order valence-corrected chi connectivity index (χ2v) is 3.95. The molecule has 2 N–H and O–H groups in total. The first-order chi connectivity index (χ1) is 8.35. The van der Waals surface area contributed by atoms with E-state index in [-0.39, 0.29) is 12.6 Å². The van der Waals surface area contributed by atoms with E-state index in [0.29, 0.717) is 12.2 Å². The van der Waals surface area contributed by atoms with E-state index < -0.39 is 0 Å². The predicted octanol–water partition coefficient (Wildman–Crippen LogP) is -1.26. The Morgan fingerprint density at radius 3 is 2.94 bits per heavy atom. The minimum absolute atomic E-state index is 0.0215. The molecule has 17 heavy (non-hydrogen) atoms. The van der Waals surface area contributed by atoms with Gasteiger partial charge in [0.15, 0.2) is 0 Å². The van der Waals surface area contributed by atoms with Crippen LogP contribution in [-0.4, -0.2) is 57.8 Å². The topological polar surface area (TPSA) is 90.0 Å². The molecule has 1 aliphatic heterocycles. The molecular formula is C10H16N6O. The molecule has 1 aromatic heterocycles. The summed E-state index contributed by atoms with van der Waals surface area (Å²) in [5, 5.41) is 29.2. The largest absolute Gasteiger partial charge is 0.394 e. The van der Waals surface area contributed by atoms with Crippen molar-refractivity contribution in [1.29, 1.82) is 5.26 Å². The predicted molar refractivity (Wildman–Crippen MR) is 59.9 cm³/mol. The molecule has 2 rings (SSSR count). The van der Waals surface area contributed by atoms with E-state index in [0.717, 1.165) is 26.2 Å². The molecule has 1 aromatic rings. The second-order valence-electron chi connectivity index (χ2n) is 3.95. The number of nitriles is 1. The molecule has 1 unspecified atom stereocenters.